The molecule has 1 atom stereocenters. The number of hydrogen-bond donors (Lipinski definition) is 1. The Bertz CT molecular complexity index is 751. The highest BCUT2D eigenvalue weighted by Gasteiger charge is 2.26. The highest BCUT2D eigenvalue weighted by molar-refractivity contribution is 5.85. The van der Waals surface area contributed by atoms with Crippen molar-refractivity contribution >= 4 is 22.6 Å². The Labute approximate surface area is 149 Å². The molecule has 1 fully saturated rings. The Morgan fingerprint density at radius 1 is 1.12 bits per heavy atom. The van der Waals surface area contributed by atoms with Crippen molar-refractivity contribution in [3.05, 3.63) is 48.0 Å². The summed E-state index contributed by atoms with van der Waals surface area (Å²) in [6.45, 7) is 3.00. The molecule has 0 aromatic heterocycles. The fraction of sp³-hybridized carbons (Fsp3) is 0.429. The van der Waals surface area contributed by atoms with Crippen LogP contribution in [0.1, 0.15) is 38.2 Å². The normalized spacial score (nSPS) is 17.5. The van der Waals surface area contributed by atoms with Crippen molar-refractivity contribution in [2.45, 2.75) is 45.1 Å². The molecule has 1 aliphatic rings. The number of piperidine rings is 1. The summed E-state index contributed by atoms with van der Waals surface area (Å²) in [7, 11) is 0. The van der Waals surface area contributed by atoms with Gasteiger partial charge < -0.3 is 10.2 Å². The second kappa shape index (κ2) is 8.15. The molecule has 4 heteroatoms. The van der Waals surface area contributed by atoms with E-state index >= 15 is 0 Å². The number of nitrogens with one attached hydrogen (secondary N) is 1. The molecule has 1 aliphatic heterocycles. The van der Waals surface area contributed by atoms with Crippen LogP contribution < -0.4 is 5.32 Å². The first kappa shape index (κ1) is 17.5. The molecule has 3 rings (SSSR count). The summed E-state index contributed by atoms with van der Waals surface area (Å²) in [6.07, 6.45) is 4.29. The lowest BCUT2D eigenvalue weighted by Crippen LogP contribution is -2.45. The lowest BCUT2D eigenvalue weighted by Gasteiger charge is -2.34. The molecule has 25 heavy (non-hydrogen) atoms. The predicted molar refractivity (Wildman–Crippen MR) is 100 cm³/mol. The molecule has 0 aliphatic carbocycles. The maximum atomic E-state index is 12.3. The highest BCUT2D eigenvalue weighted by atomic mass is 16.2. The largest absolute Gasteiger partial charge is 0.356 e. The molecule has 2 aromatic carbocycles. The Kier molecular flexibility index (Phi) is 5.69. The topological polar surface area (TPSA) is 49.4 Å². The maximum Gasteiger partial charge on any atom is 0.222 e. The Balaban J connectivity index is 1.53. The SMILES string of the molecule is CC(=O)N1CCCC[C@H]1CC(=O)NCCc1cccc2ccccc12. The Morgan fingerprint density at radius 3 is 2.76 bits per heavy atom. The van der Waals surface area contributed by atoms with Crippen LogP contribution in [-0.2, 0) is 16.0 Å². The van der Waals surface area contributed by atoms with E-state index in [4.69, 9.17) is 0 Å². The lowest BCUT2D eigenvalue weighted by molar-refractivity contribution is -0.134. The first-order chi connectivity index (χ1) is 12.1. The van der Waals surface area contributed by atoms with Crippen molar-refractivity contribution in [2.75, 3.05) is 13.1 Å². The van der Waals surface area contributed by atoms with Crippen LogP contribution in [0.25, 0.3) is 10.8 Å². The molecule has 132 valence electrons. The Hall–Kier alpha value is -2.36. The fourth-order valence-corrected chi connectivity index (χ4v) is 3.76. The number of fused-ring (bicyclic) bond motifs is 1. The molecular formula is C21H26N2O2. The second-order valence-electron chi connectivity index (χ2n) is 6.80. The number of carbonyl (C=O) groups excluding carboxylic acids is 2. The Morgan fingerprint density at radius 2 is 1.92 bits per heavy atom. The van der Waals surface area contributed by atoms with E-state index in [-0.39, 0.29) is 17.9 Å². The summed E-state index contributed by atoms with van der Waals surface area (Å²) in [5.74, 6) is 0.117. The van der Waals surface area contributed by atoms with Gasteiger partial charge in [-0.15, -0.1) is 0 Å². The monoisotopic (exact) mass is 338 g/mol. The standard InChI is InChI=1S/C21H26N2O2/c1-16(24)23-14-5-4-10-19(23)15-21(25)22-13-12-18-9-6-8-17-7-2-3-11-20(17)18/h2-3,6-9,11,19H,4-5,10,12-15H2,1H3,(H,22,25)/t19-/m0/s1. The fourth-order valence-electron chi connectivity index (χ4n) is 3.76. The van der Waals surface area contributed by atoms with Crippen LogP contribution in [0, 0.1) is 0 Å². The van der Waals surface area contributed by atoms with E-state index in [2.05, 4.69) is 35.6 Å². The molecular weight excluding hydrogens is 312 g/mol. The first-order valence-corrected chi connectivity index (χ1v) is 9.15. The number of nitrogens with zero attached hydrogens (tertiary/aromatic N) is 1. The van der Waals surface area contributed by atoms with Gasteiger partial charge in [0.1, 0.15) is 0 Å². The minimum atomic E-state index is 0.0402. The van der Waals surface area contributed by atoms with Crippen LogP contribution in [0.4, 0.5) is 0 Å². The summed E-state index contributed by atoms with van der Waals surface area (Å²) in [6, 6.07) is 14.7. The molecule has 1 heterocycles. The van der Waals surface area contributed by atoms with Crippen LogP contribution in [0.15, 0.2) is 42.5 Å². The zero-order chi connectivity index (χ0) is 17.6. The molecule has 0 unspecified atom stereocenters. The van der Waals surface area contributed by atoms with E-state index in [1.165, 1.54) is 16.3 Å². The van der Waals surface area contributed by atoms with Crippen LogP contribution in [0.3, 0.4) is 0 Å². The smallest absolute Gasteiger partial charge is 0.222 e. The van der Waals surface area contributed by atoms with Gasteiger partial charge in [-0.05, 0) is 42.0 Å². The van der Waals surface area contributed by atoms with Crippen molar-refractivity contribution in [3.8, 4) is 0 Å². The summed E-state index contributed by atoms with van der Waals surface area (Å²) in [5, 5.41) is 5.50. The lowest BCUT2D eigenvalue weighted by atomic mass is 9.99. The van der Waals surface area contributed by atoms with E-state index in [1.54, 1.807) is 6.92 Å². The highest BCUT2D eigenvalue weighted by Crippen LogP contribution is 2.20. The molecule has 2 aromatic rings. The number of carbonyl (C=O) groups is 2. The van der Waals surface area contributed by atoms with Gasteiger partial charge in [0.15, 0.2) is 0 Å². The molecule has 1 N–H and O–H groups in total. The van der Waals surface area contributed by atoms with E-state index < -0.39 is 0 Å². The van der Waals surface area contributed by atoms with Crippen LogP contribution in [-0.4, -0.2) is 35.8 Å². The van der Waals surface area contributed by atoms with E-state index in [9.17, 15) is 9.59 Å². The van der Waals surface area contributed by atoms with Gasteiger partial charge in [-0.1, -0.05) is 42.5 Å². The summed E-state index contributed by atoms with van der Waals surface area (Å²) in [5.41, 5.74) is 1.25. The molecule has 1 saturated heterocycles. The summed E-state index contributed by atoms with van der Waals surface area (Å²) < 4.78 is 0. The van der Waals surface area contributed by atoms with Gasteiger partial charge in [0.05, 0.1) is 0 Å². The van der Waals surface area contributed by atoms with E-state index in [0.717, 1.165) is 32.2 Å². The van der Waals surface area contributed by atoms with Gasteiger partial charge in [0.2, 0.25) is 11.8 Å². The van der Waals surface area contributed by atoms with Gasteiger partial charge in [-0.2, -0.15) is 0 Å². The second-order valence-corrected chi connectivity index (χ2v) is 6.80. The zero-order valence-electron chi connectivity index (χ0n) is 14.8. The van der Waals surface area contributed by atoms with Gasteiger partial charge in [0.25, 0.3) is 0 Å². The van der Waals surface area contributed by atoms with Crippen molar-refractivity contribution in [2.24, 2.45) is 0 Å². The number of hydrogen-bond acceptors (Lipinski definition) is 2. The number of amides is 2. The number of likely N-dealkylation sites (tertiary alicyclic amines) is 1. The average molecular weight is 338 g/mol. The minimum absolute atomic E-state index is 0.0402. The van der Waals surface area contributed by atoms with Crippen LogP contribution in [0.2, 0.25) is 0 Å². The molecule has 0 spiro atoms. The van der Waals surface area contributed by atoms with Crippen molar-refractivity contribution in [3.63, 3.8) is 0 Å². The van der Waals surface area contributed by atoms with Crippen LogP contribution in [0.5, 0.6) is 0 Å². The zero-order valence-corrected chi connectivity index (χ0v) is 14.8. The van der Waals surface area contributed by atoms with E-state index in [0.29, 0.717) is 13.0 Å². The third-order valence-corrected chi connectivity index (χ3v) is 5.05. The van der Waals surface area contributed by atoms with Gasteiger partial charge in [-0.3, -0.25) is 9.59 Å². The molecule has 0 radical (unpaired) electrons. The maximum absolute atomic E-state index is 12.3. The predicted octanol–water partition coefficient (Wildman–Crippen LogP) is 3.29. The van der Waals surface area contributed by atoms with Crippen molar-refractivity contribution in [1.82, 2.24) is 10.2 Å². The quantitative estimate of drug-likeness (QED) is 0.909. The molecule has 0 bridgehead atoms. The van der Waals surface area contributed by atoms with Gasteiger partial charge in [-0.25, -0.2) is 0 Å². The third kappa shape index (κ3) is 4.38. The minimum Gasteiger partial charge on any atom is -0.356 e. The molecule has 4 nitrogen and oxygen atoms in total. The van der Waals surface area contributed by atoms with Gasteiger partial charge >= 0.3 is 0 Å². The van der Waals surface area contributed by atoms with Crippen molar-refractivity contribution < 1.29 is 9.59 Å². The first-order valence-electron chi connectivity index (χ1n) is 9.15. The van der Waals surface area contributed by atoms with Gasteiger partial charge in [0, 0.05) is 32.5 Å². The number of rotatable bonds is 5. The summed E-state index contributed by atoms with van der Waals surface area (Å²) in [4.78, 5) is 25.8. The average Bonchev–Trinajstić information content (AvgIpc) is 2.62. The van der Waals surface area contributed by atoms with Crippen LogP contribution >= 0.6 is 0 Å². The molecule has 2 amide bonds. The summed E-state index contributed by atoms with van der Waals surface area (Å²) >= 11 is 0. The number of benzene rings is 2. The third-order valence-electron chi connectivity index (χ3n) is 5.05. The molecule has 0 saturated carbocycles. The van der Waals surface area contributed by atoms with Crippen molar-refractivity contribution in [1.29, 1.82) is 0 Å². The van der Waals surface area contributed by atoms with E-state index in [1.807, 2.05) is 17.0 Å².